The Hall–Kier alpha value is -5.26. The third-order valence-electron chi connectivity index (χ3n) is 17.3. The van der Waals surface area contributed by atoms with Crippen LogP contribution in [0.15, 0.2) is 101 Å². The summed E-state index contributed by atoms with van der Waals surface area (Å²) in [6, 6.07) is 38.7. The van der Waals surface area contributed by atoms with E-state index in [2.05, 4.69) is 222 Å². The quantitative estimate of drug-likeness (QED) is 0.161. The molecule has 6 aromatic carbocycles. The summed E-state index contributed by atoms with van der Waals surface area (Å²) in [5, 5.41) is 3.74. The smallest absolute Gasteiger partial charge is 0.264 e. The Balaban J connectivity index is 1.23. The molecule has 0 fully saturated rings. The van der Waals surface area contributed by atoms with Crippen molar-refractivity contribution in [2.75, 3.05) is 9.80 Å². The highest BCUT2D eigenvalue weighted by Gasteiger charge is 2.49. The Bertz CT molecular complexity index is 3450. The van der Waals surface area contributed by atoms with Gasteiger partial charge in [-0.1, -0.05) is 139 Å². The number of nitrogens with zero attached hydrogens (tertiary/aromatic N) is 2. The molecular weight excluding hydrogens is 844 g/mol. The number of anilines is 6. The molecule has 3 nitrogen and oxygen atoms in total. The standard InChI is InChI=1S/C63H69BN2OS/c1-36-30-49-54-50(31-36)66(47-20-17-21-51-53(47)39-18-16-19-41(56(39)67-51)59(5,6)7)48-34-44-43(61(10,11)27-28-62(44,12)13)33-46(48)64(54)57-55(65(49)38-24-22-37(23-25-38)58(2,3)4)40-32-42-45(35-52(40)68-57)63(14,15)29-26-60(42,8)9/h16-25,30-35H,26-29H2,1-15H3. The summed E-state index contributed by atoms with van der Waals surface area (Å²) < 4.78 is 9.84. The van der Waals surface area contributed by atoms with Gasteiger partial charge in [-0.25, -0.2) is 0 Å². The van der Waals surface area contributed by atoms with E-state index < -0.39 is 0 Å². The molecule has 2 aromatic heterocycles. The van der Waals surface area contributed by atoms with Gasteiger partial charge in [-0.15, -0.1) is 11.3 Å². The molecule has 2 aliphatic carbocycles. The van der Waals surface area contributed by atoms with Gasteiger partial charge in [-0.3, -0.25) is 0 Å². The molecule has 5 heteroatoms. The maximum absolute atomic E-state index is 7.00. The number of thiophene rings is 1. The van der Waals surface area contributed by atoms with Gasteiger partial charge in [0.25, 0.3) is 6.71 Å². The second-order valence-corrected chi connectivity index (χ2v) is 27.1. The van der Waals surface area contributed by atoms with Gasteiger partial charge in [0.05, 0.1) is 16.8 Å². The summed E-state index contributed by atoms with van der Waals surface area (Å²) >= 11 is 2.05. The molecular formula is C63H69BN2OS. The molecule has 0 amide bonds. The SMILES string of the molecule is Cc1cc2c3c(c1)N(c1cccc4oc5c(C(C)(C)C)cccc5c14)c1cc4c(cc1B3c1sc3cc5c(cc3c1N2c1ccc(C(C)(C)C)cc1)C(C)(C)CCC5(C)C)C(C)(C)CCC4(C)C. The lowest BCUT2D eigenvalue weighted by atomic mass is 9.35. The van der Waals surface area contributed by atoms with Crippen molar-refractivity contribution in [3.05, 3.63) is 136 Å². The summed E-state index contributed by atoms with van der Waals surface area (Å²) in [7, 11) is 0. The molecule has 0 bridgehead atoms. The monoisotopic (exact) mass is 913 g/mol. The predicted molar refractivity (Wildman–Crippen MR) is 296 cm³/mol. The molecule has 68 heavy (non-hydrogen) atoms. The minimum absolute atomic E-state index is 0.0313. The van der Waals surface area contributed by atoms with Crippen molar-refractivity contribution in [1.29, 1.82) is 0 Å². The fourth-order valence-corrected chi connectivity index (χ4v) is 14.3. The zero-order chi connectivity index (χ0) is 48.0. The summed E-state index contributed by atoms with van der Waals surface area (Å²) in [6.07, 6.45) is 4.71. The van der Waals surface area contributed by atoms with Crippen LogP contribution in [0.2, 0.25) is 0 Å². The average molecular weight is 913 g/mol. The molecule has 0 saturated heterocycles. The lowest BCUT2D eigenvalue weighted by molar-refractivity contribution is 0.332. The van der Waals surface area contributed by atoms with Crippen molar-refractivity contribution in [1.82, 2.24) is 0 Å². The minimum Gasteiger partial charge on any atom is -0.456 e. The Morgan fingerprint density at radius 3 is 1.75 bits per heavy atom. The van der Waals surface area contributed by atoms with Crippen molar-refractivity contribution >= 4 is 99.9 Å². The van der Waals surface area contributed by atoms with E-state index >= 15 is 0 Å². The van der Waals surface area contributed by atoms with Gasteiger partial charge in [0, 0.05) is 48.6 Å². The molecule has 8 aromatic rings. The van der Waals surface area contributed by atoms with Crippen molar-refractivity contribution in [3.63, 3.8) is 0 Å². The van der Waals surface area contributed by atoms with E-state index in [0.717, 1.165) is 17.6 Å². The molecule has 4 heterocycles. The second kappa shape index (κ2) is 14.0. The summed E-state index contributed by atoms with van der Waals surface area (Å²) in [4.78, 5) is 5.34. The van der Waals surface area contributed by atoms with Gasteiger partial charge in [0.15, 0.2) is 0 Å². The first-order valence-electron chi connectivity index (χ1n) is 25.5. The first kappa shape index (κ1) is 44.0. The van der Waals surface area contributed by atoms with E-state index in [1.165, 1.54) is 129 Å². The summed E-state index contributed by atoms with van der Waals surface area (Å²) in [5.74, 6) is 0. The molecule has 4 aliphatic rings. The number of rotatable bonds is 2. The van der Waals surface area contributed by atoms with Crippen LogP contribution in [0.1, 0.15) is 162 Å². The van der Waals surface area contributed by atoms with Gasteiger partial charge < -0.3 is 14.2 Å². The Kier molecular flexibility index (Phi) is 9.03. The van der Waals surface area contributed by atoms with Crippen molar-refractivity contribution < 1.29 is 4.42 Å². The Morgan fingerprint density at radius 1 is 0.559 bits per heavy atom. The third-order valence-corrected chi connectivity index (χ3v) is 18.5. The minimum atomic E-state index is -0.0766. The van der Waals surface area contributed by atoms with E-state index in [0.29, 0.717) is 0 Å². The zero-order valence-corrected chi connectivity index (χ0v) is 44.2. The maximum Gasteiger partial charge on any atom is 0.264 e. The van der Waals surface area contributed by atoms with Crippen LogP contribution in [0.5, 0.6) is 0 Å². The fraction of sp³-hybridized carbons (Fsp3) is 0.397. The van der Waals surface area contributed by atoms with E-state index in [1.54, 1.807) is 0 Å². The number of hydrogen-bond donors (Lipinski definition) is 0. The number of hydrogen-bond acceptors (Lipinski definition) is 4. The molecule has 0 spiro atoms. The highest BCUT2D eigenvalue weighted by molar-refractivity contribution is 7.33. The molecule has 0 N–H and O–H groups in total. The van der Waals surface area contributed by atoms with Crippen molar-refractivity contribution in [2.45, 2.75) is 162 Å². The molecule has 0 radical (unpaired) electrons. The number of fused-ring (bicyclic) bond motifs is 11. The Labute approximate surface area is 410 Å². The number of furan rings is 1. The molecule has 0 unspecified atom stereocenters. The largest absolute Gasteiger partial charge is 0.456 e. The highest BCUT2D eigenvalue weighted by Crippen LogP contribution is 2.55. The molecule has 2 aliphatic heterocycles. The fourth-order valence-electron chi connectivity index (χ4n) is 13.0. The van der Waals surface area contributed by atoms with Gasteiger partial charge in [0.1, 0.15) is 11.2 Å². The predicted octanol–water partition coefficient (Wildman–Crippen LogP) is 16.5. The van der Waals surface area contributed by atoms with Crippen LogP contribution in [0.25, 0.3) is 32.0 Å². The van der Waals surface area contributed by atoms with Crippen LogP contribution < -0.4 is 25.5 Å². The number of para-hydroxylation sites is 1. The number of benzene rings is 6. The summed E-state index contributed by atoms with van der Waals surface area (Å²) in [6.45, 7) is 36.0. The third kappa shape index (κ3) is 6.22. The van der Waals surface area contributed by atoms with Crippen molar-refractivity contribution in [3.8, 4) is 0 Å². The van der Waals surface area contributed by atoms with Crippen LogP contribution in [0.4, 0.5) is 34.1 Å². The lowest BCUT2D eigenvalue weighted by Crippen LogP contribution is -2.61. The van der Waals surface area contributed by atoms with E-state index in [1.807, 2.05) is 0 Å². The maximum atomic E-state index is 7.00. The average Bonchev–Trinajstić information content (AvgIpc) is 3.84. The van der Waals surface area contributed by atoms with E-state index in [-0.39, 0.29) is 39.2 Å². The zero-order valence-electron chi connectivity index (χ0n) is 43.4. The van der Waals surface area contributed by atoms with Crippen LogP contribution in [-0.4, -0.2) is 6.71 Å². The number of aryl methyl sites for hydroxylation is 1. The lowest BCUT2D eigenvalue weighted by Gasteiger charge is -2.47. The second-order valence-electron chi connectivity index (χ2n) is 26.0. The molecule has 0 saturated carbocycles. The van der Waals surface area contributed by atoms with Gasteiger partial charge >= 0.3 is 0 Å². The first-order valence-corrected chi connectivity index (χ1v) is 26.3. The Morgan fingerprint density at radius 2 is 1.13 bits per heavy atom. The summed E-state index contributed by atoms with van der Waals surface area (Å²) in [5.41, 5.74) is 22.4. The molecule has 0 atom stereocenters. The van der Waals surface area contributed by atoms with Gasteiger partial charge in [-0.05, 0) is 164 Å². The van der Waals surface area contributed by atoms with E-state index in [9.17, 15) is 0 Å². The van der Waals surface area contributed by atoms with Crippen LogP contribution in [0, 0.1) is 6.92 Å². The molecule has 12 rings (SSSR count). The van der Waals surface area contributed by atoms with E-state index in [4.69, 9.17) is 4.42 Å². The van der Waals surface area contributed by atoms with Crippen molar-refractivity contribution in [2.24, 2.45) is 0 Å². The first-order chi connectivity index (χ1) is 31.9. The highest BCUT2D eigenvalue weighted by atomic mass is 32.1. The van der Waals surface area contributed by atoms with Gasteiger partial charge in [0.2, 0.25) is 0 Å². The van der Waals surface area contributed by atoms with Crippen LogP contribution >= 0.6 is 11.3 Å². The van der Waals surface area contributed by atoms with Gasteiger partial charge in [-0.2, -0.15) is 0 Å². The van der Waals surface area contributed by atoms with Crippen LogP contribution in [0.3, 0.4) is 0 Å². The normalized spacial score (nSPS) is 18.7. The topological polar surface area (TPSA) is 19.6 Å². The molecule has 346 valence electrons. The van der Waals surface area contributed by atoms with Crippen LogP contribution in [-0.2, 0) is 32.5 Å².